The molecule has 4 rings (SSSR count). The van der Waals surface area contributed by atoms with Crippen LogP contribution in [0.3, 0.4) is 0 Å². The van der Waals surface area contributed by atoms with Crippen LogP contribution in [0.5, 0.6) is 0 Å². The topological polar surface area (TPSA) is 61.6 Å². The Kier molecular flexibility index (Phi) is 5.32. The van der Waals surface area contributed by atoms with E-state index in [4.69, 9.17) is 4.42 Å². The Morgan fingerprint density at radius 1 is 1.12 bits per heavy atom. The number of carbonyl (C=O) groups is 1. The third-order valence-electron chi connectivity index (χ3n) is 5.34. The molecular formula is C20H26N4O2. The lowest BCUT2D eigenvalue weighted by molar-refractivity contribution is 0.0622. The predicted octanol–water partition coefficient (Wildman–Crippen LogP) is 2.10. The van der Waals surface area contributed by atoms with E-state index in [2.05, 4.69) is 39.5 Å². The van der Waals surface area contributed by atoms with Crippen LogP contribution in [0.1, 0.15) is 40.7 Å². The minimum atomic E-state index is -0.00621. The molecule has 26 heavy (non-hydrogen) atoms. The number of piperidine rings is 1. The number of hydrogen-bond acceptors (Lipinski definition) is 5. The Morgan fingerprint density at radius 2 is 1.85 bits per heavy atom. The van der Waals surface area contributed by atoms with Gasteiger partial charge in [0.05, 0.1) is 0 Å². The van der Waals surface area contributed by atoms with Crippen molar-refractivity contribution in [3.63, 3.8) is 0 Å². The number of amides is 1. The number of carbonyl (C=O) groups excluding carboxylic acids is 1. The summed E-state index contributed by atoms with van der Waals surface area (Å²) in [6, 6.07) is 10.5. The number of benzene rings is 1. The van der Waals surface area contributed by atoms with Gasteiger partial charge in [-0.05, 0) is 31.5 Å². The average molecular weight is 354 g/mol. The van der Waals surface area contributed by atoms with Crippen molar-refractivity contribution in [2.24, 2.45) is 0 Å². The van der Waals surface area contributed by atoms with E-state index in [0.29, 0.717) is 11.6 Å². The third kappa shape index (κ3) is 3.97. The van der Waals surface area contributed by atoms with Crippen LogP contribution < -0.4 is 5.32 Å². The Labute approximate surface area is 154 Å². The Balaban J connectivity index is 1.31. The van der Waals surface area contributed by atoms with Gasteiger partial charge in [0.1, 0.15) is 6.26 Å². The fourth-order valence-corrected chi connectivity index (χ4v) is 3.75. The second-order valence-electron chi connectivity index (χ2n) is 7.15. The van der Waals surface area contributed by atoms with E-state index < -0.39 is 0 Å². The fraction of sp³-hybridized carbons (Fsp3) is 0.500. The lowest BCUT2D eigenvalue weighted by Crippen LogP contribution is -2.48. The fourth-order valence-electron chi connectivity index (χ4n) is 3.75. The van der Waals surface area contributed by atoms with Crippen LogP contribution in [0.4, 0.5) is 0 Å². The van der Waals surface area contributed by atoms with Gasteiger partial charge in [0.15, 0.2) is 11.6 Å². The van der Waals surface area contributed by atoms with E-state index in [1.54, 1.807) is 0 Å². The summed E-state index contributed by atoms with van der Waals surface area (Å²) in [5, 5.41) is 3.34. The summed E-state index contributed by atoms with van der Waals surface area (Å²) in [4.78, 5) is 21.5. The van der Waals surface area contributed by atoms with Gasteiger partial charge in [-0.25, -0.2) is 4.98 Å². The summed E-state index contributed by atoms with van der Waals surface area (Å²) in [5.74, 6) is 1.05. The van der Waals surface area contributed by atoms with Gasteiger partial charge in [0, 0.05) is 38.6 Å². The monoisotopic (exact) mass is 354 g/mol. The van der Waals surface area contributed by atoms with Crippen LogP contribution in [0.25, 0.3) is 0 Å². The van der Waals surface area contributed by atoms with E-state index in [-0.39, 0.29) is 5.91 Å². The van der Waals surface area contributed by atoms with Gasteiger partial charge < -0.3 is 14.6 Å². The number of oxazole rings is 1. The Morgan fingerprint density at radius 3 is 2.58 bits per heavy atom. The molecule has 138 valence electrons. The lowest BCUT2D eigenvalue weighted by Gasteiger charge is -2.34. The van der Waals surface area contributed by atoms with Crippen LogP contribution in [0.15, 0.2) is 41.0 Å². The van der Waals surface area contributed by atoms with Crippen molar-refractivity contribution < 1.29 is 9.21 Å². The zero-order valence-electron chi connectivity index (χ0n) is 15.1. The number of hydrogen-bond donors (Lipinski definition) is 1. The van der Waals surface area contributed by atoms with Gasteiger partial charge >= 0.3 is 0 Å². The van der Waals surface area contributed by atoms with Crippen LogP contribution in [-0.2, 0) is 6.54 Å². The zero-order chi connectivity index (χ0) is 17.8. The molecule has 0 unspecified atom stereocenters. The van der Waals surface area contributed by atoms with E-state index in [1.165, 1.54) is 11.8 Å². The van der Waals surface area contributed by atoms with E-state index in [9.17, 15) is 4.79 Å². The summed E-state index contributed by atoms with van der Waals surface area (Å²) in [6.07, 6.45) is 3.58. The van der Waals surface area contributed by atoms with Gasteiger partial charge in [-0.3, -0.25) is 9.69 Å². The van der Waals surface area contributed by atoms with Gasteiger partial charge in [-0.1, -0.05) is 30.3 Å². The number of piperazine rings is 1. The molecule has 0 radical (unpaired) electrons. The van der Waals surface area contributed by atoms with Crippen molar-refractivity contribution in [2.75, 3.05) is 39.3 Å². The number of rotatable bonds is 4. The molecule has 0 aliphatic carbocycles. The van der Waals surface area contributed by atoms with Crippen molar-refractivity contribution >= 4 is 5.91 Å². The maximum Gasteiger partial charge on any atom is 0.275 e. The molecule has 2 fully saturated rings. The summed E-state index contributed by atoms with van der Waals surface area (Å²) >= 11 is 0. The maximum absolute atomic E-state index is 12.7. The molecule has 2 saturated heterocycles. The summed E-state index contributed by atoms with van der Waals surface area (Å²) in [7, 11) is 0. The second kappa shape index (κ2) is 8.01. The largest absolute Gasteiger partial charge is 0.448 e. The van der Waals surface area contributed by atoms with Gasteiger partial charge in [0.25, 0.3) is 5.91 Å². The van der Waals surface area contributed by atoms with Crippen molar-refractivity contribution in [3.8, 4) is 0 Å². The van der Waals surface area contributed by atoms with E-state index in [0.717, 1.165) is 64.5 Å². The average Bonchev–Trinajstić information content (AvgIpc) is 3.20. The molecule has 6 heteroatoms. The Hall–Kier alpha value is -2.18. The third-order valence-corrected chi connectivity index (χ3v) is 5.34. The standard InChI is InChI=1S/C20H26N4O2/c25-20(18-15-26-19(22-18)17-6-8-21-9-7-17)24-12-10-23(11-13-24)14-16-4-2-1-3-5-16/h1-5,15,17,21H,6-14H2. The minimum absolute atomic E-state index is 0.00621. The van der Waals surface area contributed by atoms with Gasteiger partial charge in [-0.15, -0.1) is 0 Å². The van der Waals surface area contributed by atoms with Crippen molar-refractivity contribution in [2.45, 2.75) is 25.3 Å². The highest BCUT2D eigenvalue weighted by Crippen LogP contribution is 2.24. The molecule has 1 aromatic carbocycles. The molecule has 2 aliphatic rings. The first kappa shape index (κ1) is 17.2. The highest BCUT2D eigenvalue weighted by Gasteiger charge is 2.26. The van der Waals surface area contributed by atoms with E-state index in [1.807, 2.05) is 11.0 Å². The maximum atomic E-state index is 12.7. The minimum Gasteiger partial charge on any atom is -0.448 e. The lowest BCUT2D eigenvalue weighted by atomic mass is 9.98. The number of nitrogens with zero attached hydrogens (tertiary/aromatic N) is 3. The second-order valence-corrected chi connectivity index (χ2v) is 7.15. The molecule has 2 aliphatic heterocycles. The zero-order valence-corrected chi connectivity index (χ0v) is 15.1. The summed E-state index contributed by atoms with van der Waals surface area (Å²) < 4.78 is 5.62. The molecule has 0 bridgehead atoms. The van der Waals surface area contributed by atoms with Crippen LogP contribution in [0, 0.1) is 0 Å². The van der Waals surface area contributed by atoms with Crippen molar-refractivity contribution in [3.05, 3.63) is 53.7 Å². The molecule has 3 heterocycles. The first-order valence-electron chi connectivity index (χ1n) is 9.51. The highest BCUT2D eigenvalue weighted by atomic mass is 16.3. The van der Waals surface area contributed by atoms with Crippen molar-refractivity contribution in [1.82, 2.24) is 20.1 Å². The first-order chi connectivity index (χ1) is 12.8. The molecular weight excluding hydrogens is 328 g/mol. The van der Waals surface area contributed by atoms with Gasteiger partial charge in [0.2, 0.25) is 0 Å². The van der Waals surface area contributed by atoms with E-state index >= 15 is 0 Å². The number of aromatic nitrogens is 1. The highest BCUT2D eigenvalue weighted by molar-refractivity contribution is 5.92. The molecule has 0 spiro atoms. The first-order valence-corrected chi connectivity index (χ1v) is 9.51. The van der Waals surface area contributed by atoms with Gasteiger partial charge in [-0.2, -0.15) is 0 Å². The van der Waals surface area contributed by atoms with Crippen LogP contribution >= 0.6 is 0 Å². The van der Waals surface area contributed by atoms with Crippen LogP contribution in [0.2, 0.25) is 0 Å². The number of nitrogens with one attached hydrogen (secondary N) is 1. The molecule has 1 N–H and O–H groups in total. The SMILES string of the molecule is O=C(c1coc(C2CCNCC2)n1)N1CCN(Cc2ccccc2)CC1. The molecule has 1 amide bonds. The molecule has 0 saturated carbocycles. The summed E-state index contributed by atoms with van der Waals surface area (Å²) in [6.45, 7) is 6.16. The molecule has 6 nitrogen and oxygen atoms in total. The molecule has 1 aromatic heterocycles. The van der Waals surface area contributed by atoms with Crippen LogP contribution in [-0.4, -0.2) is 60.0 Å². The van der Waals surface area contributed by atoms with Crippen molar-refractivity contribution in [1.29, 1.82) is 0 Å². The summed E-state index contributed by atoms with van der Waals surface area (Å²) in [5.41, 5.74) is 1.77. The predicted molar refractivity (Wildman–Crippen MR) is 99.0 cm³/mol. The smallest absolute Gasteiger partial charge is 0.275 e. The molecule has 0 atom stereocenters. The molecule has 2 aromatic rings. The Bertz CT molecular complexity index is 716. The normalized spacial score (nSPS) is 19.6. The quantitative estimate of drug-likeness (QED) is 0.911.